The average Bonchev–Trinajstić information content (AvgIpc) is 3.33. The van der Waals surface area contributed by atoms with Crippen LogP contribution in [0.1, 0.15) is 56.9 Å². The first kappa shape index (κ1) is 25.9. The van der Waals surface area contributed by atoms with Crippen molar-refractivity contribution in [1.29, 1.82) is 5.41 Å². The number of carbonyl (C=O) groups is 3. The van der Waals surface area contributed by atoms with Crippen LogP contribution in [0.3, 0.4) is 0 Å². The molecule has 2 aliphatic heterocycles. The number of aliphatic carboxylic acids is 1. The number of carboxylic acids is 1. The maximum Gasteiger partial charge on any atom is 0.323 e. The molecule has 2 saturated heterocycles. The predicted octanol–water partition coefficient (Wildman–Crippen LogP) is 1.57. The van der Waals surface area contributed by atoms with Crippen LogP contribution in [-0.4, -0.2) is 82.9 Å². The number of amides is 2. The van der Waals surface area contributed by atoms with Crippen molar-refractivity contribution >= 4 is 23.6 Å². The number of hydrogen-bond donors (Lipinski definition) is 4. The van der Waals surface area contributed by atoms with Crippen LogP contribution in [0.25, 0.3) is 0 Å². The Morgan fingerprint density at radius 2 is 1.83 bits per heavy atom. The number of amidine groups is 1. The van der Waals surface area contributed by atoms with E-state index in [4.69, 9.17) is 15.9 Å². The van der Waals surface area contributed by atoms with Gasteiger partial charge in [0.2, 0.25) is 0 Å². The van der Waals surface area contributed by atoms with E-state index < -0.39 is 29.4 Å². The van der Waals surface area contributed by atoms with Crippen LogP contribution >= 0.6 is 0 Å². The summed E-state index contributed by atoms with van der Waals surface area (Å²) in [4.78, 5) is 41.8. The van der Waals surface area contributed by atoms with Gasteiger partial charge in [0, 0.05) is 25.2 Å². The van der Waals surface area contributed by atoms with Crippen molar-refractivity contribution in [3.8, 4) is 5.75 Å². The van der Waals surface area contributed by atoms with Gasteiger partial charge in [0.05, 0.1) is 12.1 Å². The molecule has 2 unspecified atom stereocenters. The Kier molecular flexibility index (Phi) is 8.13. The zero-order valence-electron chi connectivity index (χ0n) is 20.7. The Bertz CT molecular complexity index is 977. The molecular weight excluding hydrogens is 462 g/mol. The molecule has 3 fully saturated rings. The largest absolute Gasteiger partial charge is 0.494 e. The van der Waals surface area contributed by atoms with E-state index in [1.807, 2.05) is 0 Å². The van der Waals surface area contributed by atoms with E-state index in [2.05, 4.69) is 5.32 Å². The second-order valence-corrected chi connectivity index (χ2v) is 10.0. The van der Waals surface area contributed by atoms with Crippen molar-refractivity contribution < 1.29 is 24.2 Å². The highest BCUT2D eigenvalue weighted by molar-refractivity contribution is 6.35. The minimum atomic E-state index is -0.948. The summed E-state index contributed by atoms with van der Waals surface area (Å²) < 4.78 is 5.72. The summed E-state index contributed by atoms with van der Waals surface area (Å²) in [5.41, 5.74) is 5.26. The zero-order valence-corrected chi connectivity index (χ0v) is 20.7. The van der Waals surface area contributed by atoms with Crippen molar-refractivity contribution in [1.82, 2.24) is 15.1 Å². The van der Waals surface area contributed by atoms with Crippen molar-refractivity contribution in [2.45, 2.75) is 62.9 Å². The highest BCUT2D eigenvalue weighted by Crippen LogP contribution is 2.44. The number of benzene rings is 1. The predicted molar refractivity (Wildman–Crippen MR) is 134 cm³/mol. The fraction of sp³-hybridized carbons (Fsp3) is 0.615. The molecule has 10 nitrogen and oxygen atoms in total. The van der Waals surface area contributed by atoms with Gasteiger partial charge in [-0.2, -0.15) is 0 Å². The summed E-state index contributed by atoms with van der Waals surface area (Å²) in [5.74, 6) is -1.26. The van der Waals surface area contributed by atoms with Crippen molar-refractivity contribution in [2.24, 2.45) is 11.7 Å². The highest BCUT2D eigenvalue weighted by Gasteiger charge is 2.58. The molecule has 36 heavy (non-hydrogen) atoms. The molecule has 2 amide bonds. The molecule has 0 bridgehead atoms. The molecule has 0 aromatic heterocycles. The summed E-state index contributed by atoms with van der Waals surface area (Å²) in [5, 5.41) is 20.5. The SMILES string of the molecule is N=C(N)c1ccc(OCCCCN2CCN(C3(C4CCCCC4)CCNC3C(=O)O)C(=O)C2=O)cc1. The second-order valence-electron chi connectivity index (χ2n) is 10.0. The maximum absolute atomic E-state index is 13.4. The van der Waals surface area contributed by atoms with E-state index in [0.29, 0.717) is 63.4 Å². The van der Waals surface area contributed by atoms with Crippen LogP contribution in [0.15, 0.2) is 24.3 Å². The molecule has 4 rings (SSSR count). The monoisotopic (exact) mass is 499 g/mol. The lowest BCUT2D eigenvalue weighted by atomic mass is 9.69. The van der Waals surface area contributed by atoms with Crippen LogP contribution < -0.4 is 15.8 Å². The molecule has 1 saturated carbocycles. The quantitative estimate of drug-likeness (QED) is 0.165. The standard InChI is InChI=1S/C26H37N5O5/c27-22(28)18-8-10-20(11-9-18)36-17-5-4-14-30-15-16-31(24(33)23(30)32)26(19-6-2-1-3-7-19)12-13-29-21(26)25(34)35/h8-11,19,21,29H,1-7,12-17H2,(H3,27,28)(H,34,35). The van der Waals surface area contributed by atoms with Gasteiger partial charge in [-0.1, -0.05) is 19.3 Å². The minimum absolute atomic E-state index is 0.00759. The lowest BCUT2D eigenvalue weighted by Gasteiger charge is -2.51. The average molecular weight is 500 g/mol. The first-order valence-electron chi connectivity index (χ1n) is 13.0. The number of rotatable bonds is 10. The number of carbonyl (C=O) groups excluding carboxylic acids is 2. The van der Waals surface area contributed by atoms with Crippen molar-refractivity contribution in [3.63, 3.8) is 0 Å². The van der Waals surface area contributed by atoms with Gasteiger partial charge in [-0.05, 0) is 68.8 Å². The first-order chi connectivity index (χ1) is 17.3. The van der Waals surface area contributed by atoms with E-state index in [0.717, 1.165) is 32.1 Å². The normalized spacial score (nSPS) is 25.3. The highest BCUT2D eigenvalue weighted by atomic mass is 16.5. The third-order valence-electron chi connectivity index (χ3n) is 8.00. The summed E-state index contributed by atoms with van der Waals surface area (Å²) in [6, 6.07) is 6.16. The van der Waals surface area contributed by atoms with Gasteiger partial charge >= 0.3 is 17.8 Å². The van der Waals surface area contributed by atoms with Crippen LogP contribution in [0.4, 0.5) is 0 Å². The smallest absolute Gasteiger partial charge is 0.323 e. The molecule has 5 N–H and O–H groups in total. The number of carboxylic acid groups (broad SMARTS) is 1. The number of hydrogen-bond acceptors (Lipinski definition) is 6. The number of nitrogens with zero attached hydrogens (tertiary/aromatic N) is 2. The maximum atomic E-state index is 13.4. The first-order valence-corrected chi connectivity index (χ1v) is 13.0. The van der Waals surface area contributed by atoms with Gasteiger partial charge < -0.3 is 30.7 Å². The summed E-state index contributed by atoms with van der Waals surface area (Å²) in [7, 11) is 0. The number of nitrogens with two attached hydrogens (primary N) is 1. The number of unbranched alkanes of at least 4 members (excludes halogenated alkanes) is 1. The summed E-state index contributed by atoms with van der Waals surface area (Å²) >= 11 is 0. The summed E-state index contributed by atoms with van der Waals surface area (Å²) in [6.45, 7) is 2.25. The molecule has 1 aliphatic carbocycles. The molecular formula is C26H37N5O5. The lowest BCUT2D eigenvalue weighted by molar-refractivity contribution is -0.166. The molecule has 0 spiro atoms. The van der Waals surface area contributed by atoms with Gasteiger partial charge in [0.15, 0.2) is 0 Å². The molecule has 3 aliphatic rings. The number of nitrogen functional groups attached to an aromatic ring is 1. The van der Waals surface area contributed by atoms with Crippen LogP contribution in [0.5, 0.6) is 5.75 Å². The lowest BCUT2D eigenvalue weighted by Crippen LogP contribution is -2.70. The Labute approximate surface area is 211 Å². The van der Waals surface area contributed by atoms with Crippen molar-refractivity contribution in [3.05, 3.63) is 29.8 Å². The van der Waals surface area contributed by atoms with E-state index in [1.165, 1.54) is 0 Å². The molecule has 2 heterocycles. The van der Waals surface area contributed by atoms with Gasteiger partial charge in [0.25, 0.3) is 0 Å². The van der Waals surface area contributed by atoms with E-state index in [-0.39, 0.29) is 11.8 Å². The third-order valence-corrected chi connectivity index (χ3v) is 8.00. The van der Waals surface area contributed by atoms with E-state index in [1.54, 1.807) is 34.1 Å². The van der Waals surface area contributed by atoms with Gasteiger partial charge in [0.1, 0.15) is 17.6 Å². The van der Waals surface area contributed by atoms with Crippen LogP contribution in [-0.2, 0) is 14.4 Å². The fourth-order valence-corrected chi connectivity index (χ4v) is 6.20. The minimum Gasteiger partial charge on any atom is -0.494 e. The summed E-state index contributed by atoms with van der Waals surface area (Å²) in [6.07, 6.45) is 6.96. The topological polar surface area (TPSA) is 149 Å². The second kappa shape index (κ2) is 11.3. The third kappa shape index (κ3) is 5.18. The molecule has 10 heteroatoms. The number of nitrogens with one attached hydrogen (secondary N) is 2. The van der Waals surface area contributed by atoms with Gasteiger partial charge in [-0.15, -0.1) is 0 Å². The molecule has 1 aromatic rings. The molecule has 196 valence electrons. The van der Waals surface area contributed by atoms with Crippen LogP contribution in [0, 0.1) is 11.3 Å². The Hall–Kier alpha value is -3.14. The van der Waals surface area contributed by atoms with Gasteiger partial charge in [-0.3, -0.25) is 19.8 Å². The zero-order chi connectivity index (χ0) is 25.7. The van der Waals surface area contributed by atoms with E-state index >= 15 is 0 Å². The Balaban J connectivity index is 1.32. The van der Waals surface area contributed by atoms with Crippen LogP contribution in [0.2, 0.25) is 0 Å². The number of ether oxygens (including phenoxy) is 1. The fourth-order valence-electron chi connectivity index (χ4n) is 6.20. The Morgan fingerprint density at radius 1 is 1.11 bits per heavy atom. The molecule has 1 aromatic carbocycles. The van der Waals surface area contributed by atoms with E-state index in [9.17, 15) is 19.5 Å². The molecule has 2 atom stereocenters. The number of piperazine rings is 1. The van der Waals surface area contributed by atoms with Gasteiger partial charge in [-0.25, -0.2) is 0 Å². The van der Waals surface area contributed by atoms with Crippen molar-refractivity contribution in [2.75, 3.05) is 32.8 Å². The Morgan fingerprint density at radius 3 is 2.50 bits per heavy atom. The molecule has 0 radical (unpaired) electrons.